The lowest BCUT2D eigenvalue weighted by atomic mass is 10.2. The third-order valence-electron chi connectivity index (χ3n) is 3.70. The van der Waals surface area contributed by atoms with Crippen molar-refractivity contribution in [1.29, 1.82) is 5.26 Å². The summed E-state index contributed by atoms with van der Waals surface area (Å²) in [7, 11) is 0. The highest BCUT2D eigenvalue weighted by Crippen LogP contribution is 2.46. The molecule has 3 heteroatoms. The molecule has 4 rings (SSSR count). The van der Waals surface area contributed by atoms with Crippen molar-refractivity contribution in [2.45, 2.75) is 37.6 Å². The minimum atomic E-state index is 0.670. The lowest BCUT2D eigenvalue weighted by Crippen LogP contribution is -1.99. The average Bonchev–Trinajstić information content (AvgIpc) is 3.24. The summed E-state index contributed by atoms with van der Waals surface area (Å²) in [5.41, 5.74) is 2.92. The molecule has 0 unspecified atom stereocenters. The summed E-state index contributed by atoms with van der Waals surface area (Å²) in [4.78, 5) is 4.76. The van der Waals surface area contributed by atoms with E-state index in [1.165, 1.54) is 37.0 Å². The minimum absolute atomic E-state index is 0.670. The molecule has 0 amide bonds. The number of benzene rings is 1. The molecule has 0 saturated heterocycles. The van der Waals surface area contributed by atoms with Crippen LogP contribution in [0, 0.1) is 11.3 Å². The molecule has 3 nitrogen and oxygen atoms in total. The molecule has 2 saturated carbocycles. The van der Waals surface area contributed by atoms with Gasteiger partial charge in [-0.2, -0.15) is 5.26 Å². The summed E-state index contributed by atoms with van der Waals surface area (Å²) in [6.07, 6.45) is 5.12. The molecule has 0 aliphatic heterocycles. The maximum Gasteiger partial charge on any atom is 0.113 e. The van der Waals surface area contributed by atoms with E-state index in [0.29, 0.717) is 17.5 Å². The van der Waals surface area contributed by atoms with Gasteiger partial charge in [-0.25, -0.2) is 4.98 Å². The summed E-state index contributed by atoms with van der Waals surface area (Å²) in [5.74, 6) is 1.94. The second kappa shape index (κ2) is 3.10. The number of fused-ring (bicyclic) bond motifs is 1. The van der Waals surface area contributed by atoms with Gasteiger partial charge in [-0.3, -0.25) is 0 Å². The van der Waals surface area contributed by atoms with E-state index in [2.05, 4.69) is 16.7 Å². The third kappa shape index (κ3) is 1.37. The minimum Gasteiger partial charge on any atom is -0.325 e. The molecule has 2 aromatic rings. The number of imidazole rings is 1. The molecule has 1 aromatic heterocycles. The second-order valence-corrected chi connectivity index (χ2v) is 5.16. The van der Waals surface area contributed by atoms with Crippen LogP contribution in [-0.2, 0) is 0 Å². The monoisotopic (exact) mass is 223 g/mol. The molecule has 0 spiro atoms. The van der Waals surface area contributed by atoms with Crippen LogP contribution in [0.15, 0.2) is 18.2 Å². The molecular formula is C14H13N3. The van der Waals surface area contributed by atoms with Crippen LogP contribution in [0.3, 0.4) is 0 Å². The van der Waals surface area contributed by atoms with E-state index in [0.717, 1.165) is 5.52 Å². The molecule has 1 aromatic carbocycles. The van der Waals surface area contributed by atoms with Crippen molar-refractivity contribution in [2.24, 2.45) is 0 Å². The Morgan fingerprint density at radius 1 is 1.24 bits per heavy atom. The highest BCUT2D eigenvalue weighted by atomic mass is 15.1. The first-order valence-corrected chi connectivity index (χ1v) is 6.29. The van der Waals surface area contributed by atoms with E-state index in [1.54, 1.807) is 0 Å². The molecule has 84 valence electrons. The fourth-order valence-corrected chi connectivity index (χ4v) is 2.53. The van der Waals surface area contributed by atoms with Crippen LogP contribution in [0.4, 0.5) is 0 Å². The Morgan fingerprint density at radius 2 is 2.06 bits per heavy atom. The Labute approximate surface area is 99.7 Å². The van der Waals surface area contributed by atoms with Crippen molar-refractivity contribution in [1.82, 2.24) is 9.55 Å². The summed E-state index contributed by atoms with van der Waals surface area (Å²) in [6, 6.07) is 8.74. The maximum absolute atomic E-state index is 8.93. The van der Waals surface area contributed by atoms with Crippen molar-refractivity contribution >= 4 is 11.0 Å². The number of nitrogens with zero attached hydrogens (tertiary/aromatic N) is 3. The Bertz CT molecular complexity index is 639. The number of rotatable bonds is 2. The number of hydrogen-bond acceptors (Lipinski definition) is 2. The van der Waals surface area contributed by atoms with Crippen LogP contribution < -0.4 is 0 Å². The van der Waals surface area contributed by atoms with Crippen molar-refractivity contribution in [3.05, 3.63) is 29.6 Å². The zero-order chi connectivity index (χ0) is 11.4. The van der Waals surface area contributed by atoms with E-state index in [4.69, 9.17) is 10.2 Å². The summed E-state index contributed by atoms with van der Waals surface area (Å²) in [5, 5.41) is 8.93. The SMILES string of the molecule is N#Cc1ccc2c(c1)nc(C1CC1)n2C1CC1. The van der Waals surface area contributed by atoms with E-state index >= 15 is 0 Å². The zero-order valence-electron chi connectivity index (χ0n) is 9.56. The average molecular weight is 223 g/mol. The number of aromatic nitrogens is 2. The Hall–Kier alpha value is -1.82. The fourth-order valence-electron chi connectivity index (χ4n) is 2.53. The van der Waals surface area contributed by atoms with Gasteiger partial charge in [0.1, 0.15) is 5.82 Å². The molecule has 2 aliphatic carbocycles. The maximum atomic E-state index is 8.93. The van der Waals surface area contributed by atoms with E-state index < -0.39 is 0 Å². The molecule has 0 atom stereocenters. The molecule has 0 bridgehead atoms. The van der Waals surface area contributed by atoms with Gasteiger partial charge in [0.2, 0.25) is 0 Å². The van der Waals surface area contributed by atoms with Crippen LogP contribution in [0.2, 0.25) is 0 Å². The van der Waals surface area contributed by atoms with Gasteiger partial charge in [-0.15, -0.1) is 0 Å². The smallest absolute Gasteiger partial charge is 0.113 e. The highest BCUT2D eigenvalue weighted by molar-refractivity contribution is 5.78. The first kappa shape index (κ1) is 9.23. The van der Waals surface area contributed by atoms with E-state index in [-0.39, 0.29) is 0 Å². The molecular weight excluding hydrogens is 210 g/mol. The standard InChI is InChI=1S/C14H13N3/c15-8-9-1-6-13-12(7-9)16-14(10-2-3-10)17(13)11-4-5-11/h1,6-7,10-11H,2-5H2. The molecule has 0 N–H and O–H groups in total. The summed E-state index contributed by atoms with van der Waals surface area (Å²) < 4.78 is 2.42. The zero-order valence-corrected chi connectivity index (χ0v) is 9.56. The Morgan fingerprint density at radius 3 is 2.71 bits per heavy atom. The predicted molar refractivity (Wildman–Crippen MR) is 64.7 cm³/mol. The molecule has 1 heterocycles. The van der Waals surface area contributed by atoms with Crippen LogP contribution in [-0.4, -0.2) is 9.55 Å². The van der Waals surface area contributed by atoms with Gasteiger partial charge < -0.3 is 4.57 Å². The van der Waals surface area contributed by atoms with Crippen molar-refractivity contribution in [3.63, 3.8) is 0 Å². The van der Waals surface area contributed by atoms with Gasteiger partial charge in [0.25, 0.3) is 0 Å². The number of nitriles is 1. The lowest BCUT2D eigenvalue weighted by Gasteiger charge is -2.05. The van der Waals surface area contributed by atoms with Gasteiger partial charge in [-0.05, 0) is 43.9 Å². The lowest BCUT2D eigenvalue weighted by molar-refractivity contribution is 0.703. The second-order valence-electron chi connectivity index (χ2n) is 5.16. The summed E-state index contributed by atoms with van der Waals surface area (Å²) in [6.45, 7) is 0. The van der Waals surface area contributed by atoms with Crippen LogP contribution >= 0.6 is 0 Å². The van der Waals surface area contributed by atoms with E-state index in [9.17, 15) is 0 Å². The quantitative estimate of drug-likeness (QED) is 0.784. The van der Waals surface area contributed by atoms with Crippen molar-refractivity contribution in [3.8, 4) is 6.07 Å². The first-order valence-electron chi connectivity index (χ1n) is 6.29. The molecule has 2 fully saturated rings. The topological polar surface area (TPSA) is 41.6 Å². The van der Waals surface area contributed by atoms with Gasteiger partial charge in [0.15, 0.2) is 0 Å². The van der Waals surface area contributed by atoms with Crippen LogP contribution in [0.25, 0.3) is 11.0 Å². The van der Waals surface area contributed by atoms with E-state index in [1.807, 2.05) is 12.1 Å². The van der Waals surface area contributed by atoms with Crippen LogP contribution in [0.1, 0.15) is 49.0 Å². The van der Waals surface area contributed by atoms with Gasteiger partial charge >= 0.3 is 0 Å². The largest absolute Gasteiger partial charge is 0.325 e. The normalized spacial score (nSPS) is 19.5. The van der Waals surface area contributed by atoms with Gasteiger partial charge in [-0.1, -0.05) is 0 Å². The van der Waals surface area contributed by atoms with Gasteiger partial charge in [0.05, 0.1) is 22.7 Å². The van der Waals surface area contributed by atoms with Gasteiger partial charge in [0, 0.05) is 12.0 Å². The molecule has 17 heavy (non-hydrogen) atoms. The van der Waals surface area contributed by atoms with Crippen LogP contribution in [0.5, 0.6) is 0 Å². The Kier molecular flexibility index (Phi) is 1.69. The third-order valence-corrected chi connectivity index (χ3v) is 3.70. The molecule has 0 radical (unpaired) electrons. The first-order chi connectivity index (χ1) is 8.36. The highest BCUT2D eigenvalue weighted by Gasteiger charge is 2.35. The molecule has 2 aliphatic rings. The summed E-state index contributed by atoms with van der Waals surface area (Å²) >= 11 is 0. The fraction of sp³-hybridized carbons (Fsp3) is 0.429. The Balaban J connectivity index is 1.98. The van der Waals surface area contributed by atoms with Crippen molar-refractivity contribution < 1.29 is 0 Å². The van der Waals surface area contributed by atoms with Crippen molar-refractivity contribution in [2.75, 3.05) is 0 Å². The predicted octanol–water partition coefficient (Wildman–Crippen LogP) is 3.12. The number of hydrogen-bond donors (Lipinski definition) is 0.